The number of hydrogen-bond acceptors (Lipinski definition) is 2. The molecule has 2 rings (SSSR count). The average Bonchev–Trinajstić information content (AvgIpc) is 2.30. The van der Waals surface area contributed by atoms with E-state index < -0.39 is 0 Å². The van der Waals surface area contributed by atoms with Crippen LogP contribution in [0.5, 0.6) is 5.75 Å². The predicted molar refractivity (Wildman–Crippen MR) is 57.8 cm³/mol. The molecule has 0 aliphatic carbocycles. The van der Waals surface area contributed by atoms with Gasteiger partial charge in [-0.2, -0.15) is 0 Å². The number of ether oxygens (including phenoxy) is 1. The lowest BCUT2D eigenvalue weighted by atomic mass is 9.91. The standard InChI is InChI=1S/C12H16FNO/c1-15-12-10(5-2-6-11(12)13)9-4-3-7-14-8-9/h2,5-6,9,14H,3-4,7-8H2,1H3/t9-/m1/s1. The van der Waals surface area contributed by atoms with Crippen molar-refractivity contribution in [2.24, 2.45) is 0 Å². The van der Waals surface area contributed by atoms with Gasteiger partial charge >= 0.3 is 0 Å². The maximum Gasteiger partial charge on any atom is 0.165 e. The van der Waals surface area contributed by atoms with Gasteiger partial charge in [0.05, 0.1) is 7.11 Å². The number of para-hydroxylation sites is 1. The van der Waals surface area contributed by atoms with Crippen LogP contribution in [-0.2, 0) is 0 Å². The van der Waals surface area contributed by atoms with Gasteiger partial charge in [-0.25, -0.2) is 4.39 Å². The largest absolute Gasteiger partial charge is 0.493 e. The Hall–Kier alpha value is -1.09. The fourth-order valence-corrected chi connectivity index (χ4v) is 2.18. The number of benzene rings is 1. The molecule has 0 spiro atoms. The van der Waals surface area contributed by atoms with Crippen molar-refractivity contribution < 1.29 is 9.13 Å². The van der Waals surface area contributed by atoms with Crippen molar-refractivity contribution in [2.75, 3.05) is 20.2 Å². The molecule has 1 fully saturated rings. The van der Waals surface area contributed by atoms with Crippen molar-refractivity contribution in [1.82, 2.24) is 5.32 Å². The predicted octanol–water partition coefficient (Wildman–Crippen LogP) is 2.30. The highest BCUT2D eigenvalue weighted by atomic mass is 19.1. The van der Waals surface area contributed by atoms with E-state index in [0.29, 0.717) is 11.7 Å². The molecule has 1 saturated heterocycles. The zero-order valence-electron chi connectivity index (χ0n) is 8.92. The Kier molecular flexibility index (Phi) is 3.21. The first-order chi connectivity index (χ1) is 7.33. The van der Waals surface area contributed by atoms with E-state index in [9.17, 15) is 4.39 Å². The average molecular weight is 209 g/mol. The molecule has 0 saturated carbocycles. The van der Waals surface area contributed by atoms with Crippen LogP contribution < -0.4 is 10.1 Å². The molecular formula is C12H16FNO. The Bertz CT molecular complexity index is 334. The second-order valence-electron chi connectivity index (χ2n) is 3.91. The Morgan fingerprint density at radius 2 is 2.33 bits per heavy atom. The smallest absolute Gasteiger partial charge is 0.165 e. The Balaban J connectivity index is 2.29. The molecule has 1 aromatic rings. The van der Waals surface area contributed by atoms with Crippen molar-refractivity contribution in [3.05, 3.63) is 29.6 Å². The Morgan fingerprint density at radius 1 is 1.47 bits per heavy atom. The normalized spacial score (nSPS) is 21.3. The van der Waals surface area contributed by atoms with Gasteiger partial charge in [0.25, 0.3) is 0 Å². The summed E-state index contributed by atoms with van der Waals surface area (Å²) in [6, 6.07) is 5.15. The first kappa shape index (κ1) is 10.4. The molecule has 0 radical (unpaired) electrons. The van der Waals surface area contributed by atoms with E-state index in [1.54, 1.807) is 6.07 Å². The van der Waals surface area contributed by atoms with Crippen molar-refractivity contribution in [1.29, 1.82) is 0 Å². The van der Waals surface area contributed by atoms with Crippen LogP contribution in [-0.4, -0.2) is 20.2 Å². The van der Waals surface area contributed by atoms with E-state index in [2.05, 4.69) is 5.32 Å². The van der Waals surface area contributed by atoms with E-state index in [0.717, 1.165) is 31.5 Å². The van der Waals surface area contributed by atoms with Crippen molar-refractivity contribution in [2.45, 2.75) is 18.8 Å². The minimum atomic E-state index is -0.263. The third-order valence-electron chi connectivity index (χ3n) is 2.94. The molecular weight excluding hydrogens is 193 g/mol. The fraction of sp³-hybridized carbons (Fsp3) is 0.500. The van der Waals surface area contributed by atoms with Gasteiger partial charge in [-0.3, -0.25) is 0 Å². The highest BCUT2D eigenvalue weighted by Crippen LogP contribution is 2.32. The van der Waals surface area contributed by atoms with E-state index in [1.165, 1.54) is 13.2 Å². The van der Waals surface area contributed by atoms with E-state index in [1.807, 2.05) is 6.07 Å². The number of piperidine rings is 1. The summed E-state index contributed by atoms with van der Waals surface area (Å²) in [5.74, 6) is 0.524. The number of methoxy groups -OCH3 is 1. The molecule has 0 amide bonds. The highest BCUT2D eigenvalue weighted by molar-refractivity contribution is 5.38. The number of halogens is 1. The van der Waals surface area contributed by atoms with Crippen LogP contribution in [0.25, 0.3) is 0 Å². The lowest BCUT2D eigenvalue weighted by Gasteiger charge is -2.24. The maximum absolute atomic E-state index is 13.5. The van der Waals surface area contributed by atoms with Gasteiger partial charge < -0.3 is 10.1 Å². The van der Waals surface area contributed by atoms with Crippen LogP contribution >= 0.6 is 0 Å². The summed E-state index contributed by atoms with van der Waals surface area (Å²) in [7, 11) is 1.53. The first-order valence-corrected chi connectivity index (χ1v) is 5.36. The molecule has 1 N–H and O–H groups in total. The van der Waals surface area contributed by atoms with E-state index >= 15 is 0 Å². The third kappa shape index (κ3) is 2.12. The van der Waals surface area contributed by atoms with E-state index in [4.69, 9.17) is 4.74 Å². The third-order valence-corrected chi connectivity index (χ3v) is 2.94. The van der Waals surface area contributed by atoms with Gasteiger partial charge in [-0.15, -0.1) is 0 Å². The molecule has 0 unspecified atom stereocenters. The molecule has 1 atom stereocenters. The number of nitrogens with one attached hydrogen (secondary N) is 1. The molecule has 3 heteroatoms. The van der Waals surface area contributed by atoms with Crippen LogP contribution in [0.2, 0.25) is 0 Å². The second kappa shape index (κ2) is 4.62. The first-order valence-electron chi connectivity index (χ1n) is 5.36. The monoisotopic (exact) mass is 209 g/mol. The Morgan fingerprint density at radius 3 is 3.00 bits per heavy atom. The van der Waals surface area contributed by atoms with Crippen LogP contribution in [0, 0.1) is 5.82 Å². The minimum absolute atomic E-state index is 0.263. The molecule has 1 aromatic carbocycles. The van der Waals surface area contributed by atoms with Crippen LogP contribution in [0.4, 0.5) is 4.39 Å². The molecule has 1 aliphatic rings. The summed E-state index contributed by atoms with van der Waals surface area (Å²) in [6.45, 7) is 1.98. The van der Waals surface area contributed by atoms with Crippen molar-refractivity contribution >= 4 is 0 Å². The Labute approximate surface area is 89.4 Å². The second-order valence-corrected chi connectivity index (χ2v) is 3.91. The molecule has 15 heavy (non-hydrogen) atoms. The summed E-state index contributed by atoms with van der Waals surface area (Å²) in [5, 5.41) is 3.33. The summed E-state index contributed by atoms with van der Waals surface area (Å²) >= 11 is 0. The molecule has 0 bridgehead atoms. The van der Waals surface area contributed by atoms with Crippen LogP contribution in [0.1, 0.15) is 24.3 Å². The van der Waals surface area contributed by atoms with Gasteiger partial charge in [-0.1, -0.05) is 12.1 Å². The van der Waals surface area contributed by atoms with Gasteiger partial charge in [-0.05, 0) is 25.5 Å². The zero-order valence-corrected chi connectivity index (χ0v) is 8.92. The van der Waals surface area contributed by atoms with Gasteiger partial charge in [0.15, 0.2) is 11.6 Å². The summed E-state index contributed by atoms with van der Waals surface area (Å²) in [5.41, 5.74) is 0.990. The summed E-state index contributed by atoms with van der Waals surface area (Å²) < 4.78 is 18.6. The fourth-order valence-electron chi connectivity index (χ4n) is 2.18. The molecule has 1 aliphatic heterocycles. The lowest BCUT2D eigenvalue weighted by molar-refractivity contribution is 0.368. The summed E-state index contributed by atoms with van der Waals surface area (Å²) in [4.78, 5) is 0. The molecule has 82 valence electrons. The van der Waals surface area contributed by atoms with Gasteiger partial charge in [0.2, 0.25) is 0 Å². The maximum atomic E-state index is 13.5. The topological polar surface area (TPSA) is 21.3 Å². The molecule has 2 nitrogen and oxygen atoms in total. The molecule has 0 aromatic heterocycles. The van der Waals surface area contributed by atoms with Crippen LogP contribution in [0.15, 0.2) is 18.2 Å². The number of hydrogen-bond donors (Lipinski definition) is 1. The van der Waals surface area contributed by atoms with E-state index in [-0.39, 0.29) is 5.82 Å². The lowest BCUT2D eigenvalue weighted by Crippen LogP contribution is -2.28. The van der Waals surface area contributed by atoms with Crippen LogP contribution in [0.3, 0.4) is 0 Å². The highest BCUT2D eigenvalue weighted by Gasteiger charge is 2.20. The van der Waals surface area contributed by atoms with Crippen molar-refractivity contribution in [3.63, 3.8) is 0 Å². The van der Waals surface area contributed by atoms with Gasteiger partial charge in [0.1, 0.15) is 0 Å². The quantitative estimate of drug-likeness (QED) is 0.807. The van der Waals surface area contributed by atoms with Crippen molar-refractivity contribution in [3.8, 4) is 5.75 Å². The number of rotatable bonds is 2. The zero-order chi connectivity index (χ0) is 10.7. The molecule has 1 heterocycles. The minimum Gasteiger partial charge on any atom is -0.493 e. The van der Waals surface area contributed by atoms with Gasteiger partial charge in [0, 0.05) is 18.0 Å². The summed E-state index contributed by atoms with van der Waals surface area (Å²) in [6.07, 6.45) is 2.25. The SMILES string of the molecule is COc1c(F)cccc1[C@@H]1CCCNC1.